The van der Waals surface area contributed by atoms with E-state index < -0.39 is 0 Å². The second-order valence-corrected chi connectivity index (χ2v) is 5.01. The SMILES string of the molecule is COc1ccc(CCN2C(=O)CNc3ccccc32)cc1. The zero-order chi connectivity index (χ0) is 14.7. The van der Waals surface area contributed by atoms with Gasteiger partial charge in [-0.25, -0.2) is 0 Å². The van der Waals surface area contributed by atoms with E-state index in [0.717, 1.165) is 23.5 Å². The maximum absolute atomic E-state index is 12.1. The molecule has 1 aliphatic heterocycles. The summed E-state index contributed by atoms with van der Waals surface area (Å²) in [5.41, 5.74) is 3.17. The zero-order valence-electron chi connectivity index (χ0n) is 12.0. The van der Waals surface area contributed by atoms with E-state index in [1.165, 1.54) is 5.56 Å². The first-order chi connectivity index (χ1) is 10.3. The molecule has 0 unspecified atom stereocenters. The maximum atomic E-state index is 12.1. The summed E-state index contributed by atoms with van der Waals surface area (Å²) in [4.78, 5) is 14.0. The number of carbonyl (C=O) groups excluding carboxylic acids is 1. The Morgan fingerprint density at radius 1 is 1.14 bits per heavy atom. The summed E-state index contributed by atoms with van der Waals surface area (Å²) in [7, 11) is 1.66. The molecule has 0 saturated heterocycles. The van der Waals surface area contributed by atoms with Gasteiger partial charge >= 0.3 is 0 Å². The Hall–Kier alpha value is -2.49. The number of hydrogen-bond acceptors (Lipinski definition) is 3. The summed E-state index contributed by atoms with van der Waals surface area (Å²) in [6, 6.07) is 15.9. The van der Waals surface area contributed by atoms with Crippen molar-refractivity contribution in [2.24, 2.45) is 0 Å². The Labute approximate surface area is 124 Å². The summed E-state index contributed by atoms with van der Waals surface area (Å²) < 4.78 is 5.15. The molecule has 0 saturated carbocycles. The van der Waals surface area contributed by atoms with Gasteiger partial charge in [0.2, 0.25) is 5.91 Å². The largest absolute Gasteiger partial charge is 0.497 e. The highest BCUT2D eigenvalue weighted by Gasteiger charge is 2.22. The highest BCUT2D eigenvalue weighted by atomic mass is 16.5. The van der Waals surface area contributed by atoms with E-state index in [9.17, 15) is 4.79 Å². The van der Waals surface area contributed by atoms with Gasteiger partial charge in [-0.15, -0.1) is 0 Å². The molecular formula is C17H18N2O2. The molecule has 0 fully saturated rings. The first kappa shape index (κ1) is 13.5. The number of methoxy groups -OCH3 is 1. The standard InChI is InChI=1S/C17H18N2O2/c1-21-14-8-6-13(7-9-14)10-11-19-16-5-3-2-4-15(16)18-12-17(19)20/h2-9,18H,10-12H2,1H3. The van der Waals surface area contributed by atoms with Gasteiger partial charge < -0.3 is 15.0 Å². The lowest BCUT2D eigenvalue weighted by molar-refractivity contribution is -0.117. The van der Waals surface area contributed by atoms with Crippen molar-refractivity contribution in [1.29, 1.82) is 0 Å². The topological polar surface area (TPSA) is 41.6 Å². The molecule has 4 nitrogen and oxygen atoms in total. The molecule has 1 N–H and O–H groups in total. The predicted octanol–water partition coefficient (Wildman–Crippen LogP) is 2.70. The van der Waals surface area contributed by atoms with E-state index in [2.05, 4.69) is 5.32 Å². The number of fused-ring (bicyclic) bond motifs is 1. The third-order valence-electron chi connectivity index (χ3n) is 3.71. The van der Waals surface area contributed by atoms with Gasteiger partial charge in [-0.1, -0.05) is 24.3 Å². The van der Waals surface area contributed by atoms with E-state index in [0.29, 0.717) is 13.1 Å². The van der Waals surface area contributed by atoms with Crippen molar-refractivity contribution in [3.8, 4) is 5.75 Å². The van der Waals surface area contributed by atoms with Gasteiger partial charge in [0.25, 0.3) is 0 Å². The van der Waals surface area contributed by atoms with Crippen LogP contribution in [-0.2, 0) is 11.2 Å². The minimum absolute atomic E-state index is 0.113. The van der Waals surface area contributed by atoms with Gasteiger partial charge in [0, 0.05) is 6.54 Å². The number of nitrogens with zero attached hydrogens (tertiary/aromatic N) is 1. The first-order valence-corrected chi connectivity index (χ1v) is 7.04. The fourth-order valence-corrected chi connectivity index (χ4v) is 2.54. The third-order valence-corrected chi connectivity index (χ3v) is 3.71. The lowest BCUT2D eigenvalue weighted by Gasteiger charge is -2.30. The smallest absolute Gasteiger partial charge is 0.246 e. The number of ether oxygens (including phenoxy) is 1. The summed E-state index contributed by atoms with van der Waals surface area (Å²) in [6.45, 7) is 1.05. The molecule has 3 rings (SSSR count). The van der Waals surface area contributed by atoms with E-state index >= 15 is 0 Å². The van der Waals surface area contributed by atoms with E-state index in [-0.39, 0.29) is 5.91 Å². The quantitative estimate of drug-likeness (QED) is 0.937. The van der Waals surface area contributed by atoms with Crippen LogP contribution in [0.2, 0.25) is 0 Å². The number of para-hydroxylation sites is 2. The van der Waals surface area contributed by atoms with Crippen LogP contribution in [0.1, 0.15) is 5.56 Å². The number of hydrogen-bond donors (Lipinski definition) is 1. The zero-order valence-corrected chi connectivity index (χ0v) is 12.0. The number of rotatable bonds is 4. The van der Waals surface area contributed by atoms with Crippen LogP contribution in [0.5, 0.6) is 5.75 Å². The number of anilines is 2. The van der Waals surface area contributed by atoms with Crippen LogP contribution < -0.4 is 15.0 Å². The number of amides is 1. The molecule has 1 amide bonds. The molecular weight excluding hydrogens is 264 g/mol. The molecule has 0 radical (unpaired) electrons. The van der Waals surface area contributed by atoms with Crippen LogP contribution in [0.25, 0.3) is 0 Å². The van der Waals surface area contributed by atoms with Crippen molar-refractivity contribution in [3.63, 3.8) is 0 Å². The molecule has 1 aliphatic rings. The van der Waals surface area contributed by atoms with Crippen molar-refractivity contribution in [2.45, 2.75) is 6.42 Å². The molecule has 108 valence electrons. The second kappa shape index (κ2) is 5.87. The average molecular weight is 282 g/mol. The van der Waals surface area contributed by atoms with Crippen LogP contribution in [-0.4, -0.2) is 26.1 Å². The molecule has 1 heterocycles. The number of benzene rings is 2. The fourth-order valence-electron chi connectivity index (χ4n) is 2.54. The maximum Gasteiger partial charge on any atom is 0.246 e. The van der Waals surface area contributed by atoms with Crippen LogP contribution in [0.15, 0.2) is 48.5 Å². The molecule has 21 heavy (non-hydrogen) atoms. The molecule has 0 atom stereocenters. The predicted molar refractivity (Wildman–Crippen MR) is 84.0 cm³/mol. The van der Waals surface area contributed by atoms with Crippen molar-refractivity contribution in [1.82, 2.24) is 0 Å². The monoisotopic (exact) mass is 282 g/mol. The first-order valence-electron chi connectivity index (χ1n) is 7.04. The minimum Gasteiger partial charge on any atom is -0.497 e. The van der Waals surface area contributed by atoms with Gasteiger partial charge in [-0.3, -0.25) is 4.79 Å². The fraction of sp³-hybridized carbons (Fsp3) is 0.235. The lowest BCUT2D eigenvalue weighted by atomic mass is 10.1. The van der Waals surface area contributed by atoms with Crippen LogP contribution in [0.3, 0.4) is 0 Å². The molecule has 0 aromatic heterocycles. The molecule has 2 aromatic rings. The van der Waals surface area contributed by atoms with Gasteiger partial charge in [0.15, 0.2) is 0 Å². The molecule has 0 bridgehead atoms. The van der Waals surface area contributed by atoms with E-state index in [1.807, 2.05) is 53.4 Å². The molecule has 2 aromatic carbocycles. The highest BCUT2D eigenvalue weighted by molar-refractivity contribution is 6.02. The normalized spacial score (nSPS) is 13.6. The third kappa shape index (κ3) is 2.84. The number of carbonyl (C=O) groups is 1. The van der Waals surface area contributed by atoms with Crippen molar-refractivity contribution >= 4 is 17.3 Å². The van der Waals surface area contributed by atoms with Crippen LogP contribution in [0.4, 0.5) is 11.4 Å². The number of nitrogens with one attached hydrogen (secondary N) is 1. The van der Waals surface area contributed by atoms with Gasteiger partial charge in [-0.2, -0.15) is 0 Å². The molecule has 0 spiro atoms. The molecule has 4 heteroatoms. The summed E-state index contributed by atoms with van der Waals surface area (Å²) in [5, 5.41) is 3.15. The summed E-state index contributed by atoms with van der Waals surface area (Å²) in [5.74, 6) is 0.963. The van der Waals surface area contributed by atoms with Gasteiger partial charge in [-0.05, 0) is 36.2 Å². The Bertz CT molecular complexity index is 637. The van der Waals surface area contributed by atoms with Crippen molar-refractivity contribution in [2.75, 3.05) is 30.4 Å². The summed E-state index contributed by atoms with van der Waals surface area (Å²) >= 11 is 0. The Balaban J connectivity index is 1.73. The van der Waals surface area contributed by atoms with E-state index in [1.54, 1.807) is 7.11 Å². The minimum atomic E-state index is 0.113. The van der Waals surface area contributed by atoms with Gasteiger partial charge in [0.05, 0.1) is 25.0 Å². The van der Waals surface area contributed by atoms with Gasteiger partial charge in [0.1, 0.15) is 5.75 Å². The Morgan fingerprint density at radius 3 is 2.67 bits per heavy atom. The second-order valence-electron chi connectivity index (χ2n) is 5.01. The Kier molecular flexibility index (Phi) is 3.77. The van der Waals surface area contributed by atoms with E-state index in [4.69, 9.17) is 4.74 Å². The van der Waals surface area contributed by atoms with Crippen molar-refractivity contribution in [3.05, 3.63) is 54.1 Å². The summed E-state index contributed by atoms with van der Waals surface area (Å²) in [6.07, 6.45) is 0.823. The van der Waals surface area contributed by atoms with Crippen LogP contribution in [0, 0.1) is 0 Å². The lowest BCUT2D eigenvalue weighted by Crippen LogP contribution is -2.41. The average Bonchev–Trinajstić information content (AvgIpc) is 2.54. The Morgan fingerprint density at radius 2 is 1.90 bits per heavy atom. The van der Waals surface area contributed by atoms with Crippen LogP contribution >= 0.6 is 0 Å². The van der Waals surface area contributed by atoms with Crippen molar-refractivity contribution < 1.29 is 9.53 Å². The highest BCUT2D eigenvalue weighted by Crippen LogP contribution is 2.29. The molecule has 0 aliphatic carbocycles.